The highest BCUT2D eigenvalue weighted by molar-refractivity contribution is 5.76. The number of carboxylic acids is 1. The Morgan fingerprint density at radius 3 is 2.29 bits per heavy atom. The van der Waals surface area contributed by atoms with Crippen molar-refractivity contribution in [3.8, 4) is 5.75 Å². The fourth-order valence-corrected chi connectivity index (χ4v) is 2.45. The Hall–Kier alpha value is -2.45. The fraction of sp³-hybridized carbons (Fsp3) is 0.467. The highest BCUT2D eigenvalue weighted by Gasteiger charge is 2.43. The summed E-state index contributed by atoms with van der Waals surface area (Å²) < 4.78 is 44.5. The summed E-state index contributed by atoms with van der Waals surface area (Å²) in [6, 6.07) is 1.60. The van der Waals surface area contributed by atoms with Gasteiger partial charge in [0.1, 0.15) is 5.75 Å². The molecule has 1 fully saturated rings. The molecular weight excluding hydrogens is 329 g/mol. The van der Waals surface area contributed by atoms with Crippen LogP contribution in [0.2, 0.25) is 0 Å². The third-order valence-electron chi connectivity index (χ3n) is 3.87. The van der Waals surface area contributed by atoms with Crippen molar-refractivity contribution < 1.29 is 32.6 Å². The molecule has 24 heavy (non-hydrogen) atoms. The van der Waals surface area contributed by atoms with Crippen molar-refractivity contribution in [1.82, 2.24) is 10.6 Å². The molecule has 1 aliphatic rings. The Balaban J connectivity index is 1.98. The Kier molecular flexibility index (Phi) is 5.20. The average molecular weight is 346 g/mol. The first kappa shape index (κ1) is 17.9. The Bertz CT molecular complexity index is 598. The quantitative estimate of drug-likeness (QED) is 0.764. The number of ether oxygens (including phenoxy) is 1. The molecule has 2 rings (SSSR count). The van der Waals surface area contributed by atoms with Crippen molar-refractivity contribution >= 4 is 12.0 Å². The normalized spacial score (nSPS) is 21.3. The molecule has 132 valence electrons. The van der Waals surface area contributed by atoms with Crippen molar-refractivity contribution in [2.24, 2.45) is 5.92 Å². The Labute approximate surface area is 136 Å². The van der Waals surface area contributed by atoms with Crippen LogP contribution in [0.3, 0.4) is 0 Å². The van der Waals surface area contributed by atoms with Gasteiger partial charge in [-0.3, -0.25) is 4.79 Å². The lowest BCUT2D eigenvalue weighted by atomic mass is 9.80. The lowest BCUT2D eigenvalue weighted by Crippen LogP contribution is -2.52. The van der Waals surface area contributed by atoms with Gasteiger partial charge < -0.3 is 20.5 Å². The summed E-state index contributed by atoms with van der Waals surface area (Å²) in [5.41, 5.74) is -0.129. The van der Waals surface area contributed by atoms with Crippen LogP contribution in [0.4, 0.5) is 18.0 Å². The summed E-state index contributed by atoms with van der Waals surface area (Å²) in [5.74, 6) is -1.13. The van der Waals surface area contributed by atoms with Crippen molar-refractivity contribution in [2.45, 2.75) is 31.1 Å². The number of benzene rings is 1. The first-order valence-electron chi connectivity index (χ1n) is 7.21. The number of nitrogens with one attached hydrogen (secondary N) is 2. The van der Waals surface area contributed by atoms with Gasteiger partial charge in [-0.05, 0) is 30.5 Å². The number of carbonyl (C=O) groups is 2. The highest BCUT2D eigenvalue weighted by atomic mass is 19.4. The minimum atomic E-state index is -4.67. The van der Waals surface area contributed by atoms with Gasteiger partial charge >= 0.3 is 18.2 Å². The second kappa shape index (κ2) is 6.98. The molecule has 1 aliphatic carbocycles. The number of hydrogen-bond donors (Lipinski definition) is 3. The predicted molar refractivity (Wildman–Crippen MR) is 77.6 cm³/mol. The number of carbonyl (C=O) groups excluding carboxylic acids is 1. The molecule has 2 amide bonds. The van der Waals surface area contributed by atoms with E-state index in [2.05, 4.69) is 5.32 Å². The van der Waals surface area contributed by atoms with Gasteiger partial charge in [0.25, 0.3) is 0 Å². The molecule has 1 aromatic rings. The zero-order valence-electron chi connectivity index (χ0n) is 12.8. The number of carboxylic acid groups (broad SMARTS) is 1. The molecule has 0 saturated heterocycles. The second-order valence-electron chi connectivity index (χ2n) is 5.57. The lowest BCUT2D eigenvalue weighted by Gasteiger charge is -2.33. The predicted octanol–water partition coefficient (Wildman–Crippen LogP) is 2.46. The zero-order valence-corrected chi connectivity index (χ0v) is 12.8. The van der Waals surface area contributed by atoms with E-state index in [0.717, 1.165) is 0 Å². The van der Waals surface area contributed by atoms with Crippen LogP contribution in [-0.2, 0) is 4.79 Å². The maximum absolute atomic E-state index is 13.2. The van der Waals surface area contributed by atoms with Crippen molar-refractivity contribution in [2.75, 3.05) is 7.11 Å². The number of urea groups is 1. The molecule has 1 saturated carbocycles. The van der Waals surface area contributed by atoms with E-state index in [9.17, 15) is 22.8 Å². The average Bonchev–Trinajstić information content (AvgIpc) is 2.46. The van der Waals surface area contributed by atoms with Gasteiger partial charge in [0.2, 0.25) is 0 Å². The molecule has 1 aromatic carbocycles. The van der Waals surface area contributed by atoms with Crippen LogP contribution in [0.25, 0.3) is 0 Å². The van der Waals surface area contributed by atoms with Crippen LogP contribution in [0.1, 0.15) is 24.4 Å². The minimum absolute atomic E-state index is 0.129. The number of alkyl halides is 3. The Morgan fingerprint density at radius 1 is 1.25 bits per heavy atom. The van der Waals surface area contributed by atoms with E-state index in [4.69, 9.17) is 9.84 Å². The summed E-state index contributed by atoms with van der Waals surface area (Å²) in [6.45, 7) is 0. The molecule has 0 heterocycles. The van der Waals surface area contributed by atoms with E-state index >= 15 is 0 Å². The van der Waals surface area contributed by atoms with Crippen molar-refractivity contribution in [3.63, 3.8) is 0 Å². The van der Waals surface area contributed by atoms with E-state index < -0.39 is 36.2 Å². The smallest absolute Gasteiger partial charge is 0.412 e. The number of methoxy groups -OCH3 is 1. The summed E-state index contributed by atoms with van der Waals surface area (Å²) in [5, 5.41) is 13.0. The van der Waals surface area contributed by atoms with Crippen LogP contribution in [0.5, 0.6) is 5.75 Å². The molecule has 6 nitrogen and oxygen atoms in total. The second-order valence-corrected chi connectivity index (χ2v) is 5.57. The molecule has 0 aromatic heterocycles. The topological polar surface area (TPSA) is 87.7 Å². The molecule has 1 atom stereocenters. The van der Waals surface area contributed by atoms with Crippen molar-refractivity contribution in [1.29, 1.82) is 0 Å². The first-order valence-corrected chi connectivity index (χ1v) is 7.21. The van der Waals surface area contributed by atoms with E-state index in [-0.39, 0.29) is 18.4 Å². The SMILES string of the molecule is COc1ccc(C(NC(=O)NC2CC(C(=O)O)C2)C(F)(F)F)cc1. The van der Waals surface area contributed by atoms with Gasteiger partial charge in [-0.15, -0.1) is 0 Å². The summed E-state index contributed by atoms with van der Waals surface area (Å²) in [7, 11) is 1.39. The fourth-order valence-electron chi connectivity index (χ4n) is 2.45. The van der Waals surface area contributed by atoms with Gasteiger partial charge in [0, 0.05) is 6.04 Å². The highest BCUT2D eigenvalue weighted by Crippen LogP contribution is 2.33. The number of hydrogen-bond acceptors (Lipinski definition) is 3. The molecule has 1 unspecified atom stereocenters. The third-order valence-corrected chi connectivity index (χ3v) is 3.87. The van der Waals surface area contributed by atoms with Gasteiger partial charge in [-0.2, -0.15) is 13.2 Å². The van der Waals surface area contributed by atoms with Crippen LogP contribution >= 0.6 is 0 Å². The molecule has 9 heteroatoms. The summed E-state index contributed by atoms with van der Waals surface area (Å²) >= 11 is 0. The van der Waals surface area contributed by atoms with Gasteiger partial charge in [0.15, 0.2) is 6.04 Å². The van der Waals surface area contributed by atoms with Crippen LogP contribution in [0.15, 0.2) is 24.3 Å². The van der Waals surface area contributed by atoms with E-state index in [1.807, 2.05) is 5.32 Å². The monoisotopic (exact) mass is 346 g/mol. The molecule has 0 radical (unpaired) electrons. The number of halogens is 3. The van der Waals surface area contributed by atoms with E-state index in [1.165, 1.54) is 31.4 Å². The van der Waals surface area contributed by atoms with Gasteiger partial charge in [0.05, 0.1) is 13.0 Å². The molecule has 0 aliphatic heterocycles. The largest absolute Gasteiger partial charge is 0.497 e. The number of rotatable bonds is 5. The molecule has 3 N–H and O–H groups in total. The van der Waals surface area contributed by atoms with E-state index in [1.54, 1.807) is 0 Å². The minimum Gasteiger partial charge on any atom is -0.497 e. The molecule has 0 bridgehead atoms. The van der Waals surface area contributed by atoms with Crippen molar-refractivity contribution in [3.05, 3.63) is 29.8 Å². The first-order chi connectivity index (χ1) is 11.2. The third kappa shape index (κ3) is 4.30. The number of amides is 2. The van der Waals surface area contributed by atoms with E-state index in [0.29, 0.717) is 5.75 Å². The van der Waals surface area contributed by atoms with Crippen LogP contribution < -0.4 is 15.4 Å². The standard InChI is InChI=1S/C15H17F3N2O4/c1-24-11-4-2-8(3-5-11)12(15(16,17)18)20-14(23)19-10-6-9(7-10)13(21)22/h2-5,9-10,12H,6-7H2,1H3,(H,21,22)(H2,19,20,23). The Morgan fingerprint density at radius 2 is 1.83 bits per heavy atom. The molecular formula is C15H17F3N2O4. The maximum atomic E-state index is 13.2. The zero-order chi connectivity index (χ0) is 17.9. The van der Waals surface area contributed by atoms with Gasteiger partial charge in [-0.1, -0.05) is 12.1 Å². The number of aliphatic carboxylic acids is 1. The summed E-state index contributed by atoms with van der Waals surface area (Å²) in [6.07, 6.45) is -4.25. The van der Waals surface area contributed by atoms with Crippen LogP contribution in [-0.4, -0.2) is 36.4 Å². The van der Waals surface area contributed by atoms with Gasteiger partial charge in [-0.25, -0.2) is 4.79 Å². The molecule has 0 spiro atoms. The van der Waals surface area contributed by atoms with Crippen LogP contribution in [0, 0.1) is 5.92 Å². The lowest BCUT2D eigenvalue weighted by molar-refractivity contribution is -0.155. The summed E-state index contributed by atoms with van der Waals surface area (Å²) in [4.78, 5) is 22.5. The maximum Gasteiger partial charge on any atom is 0.412 e.